The number of phenolic OH excluding ortho intramolecular Hbond substituents is 1. The summed E-state index contributed by atoms with van der Waals surface area (Å²) in [4.78, 5) is 4.02. The number of rotatable bonds is 4. The first-order valence-electron chi connectivity index (χ1n) is 6.26. The first kappa shape index (κ1) is 15.3. The second kappa shape index (κ2) is 5.72. The second-order valence-electron chi connectivity index (χ2n) is 4.76. The van der Waals surface area contributed by atoms with Crippen LogP contribution < -0.4 is 5.73 Å². The van der Waals surface area contributed by atoms with E-state index in [0.717, 1.165) is 12.1 Å². The molecule has 0 fully saturated rings. The van der Waals surface area contributed by atoms with Crippen LogP contribution >= 0.6 is 0 Å². The average molecular weight is 301 g/mol. The molecule has 5 nitrogen and oxygen atoms in total. The van der Waals surface area contributed by atoms with Crippen molar-refractivity contribution in [1.29, 1.82) is 0 Å². The summed E-state index contributed by atoms with van der Waals surface area (Å²) in [5.74, 6) is -0.490. The van der Waals surface area contributed by atoms with E-state index >= 15 is 0 Å². The molecule has 0 amide bonds. The number of nitrogens with zero attached hydrogens (tertiary/aromatic N) is 2. The first-order chi connectivity index (χ1) is 9.77. The van der Waals surface area contributed by atoms with Crippen molar-refractivity contribution in [2.75, 3.05) is 0 Å². The lowest BCUT2D eigenvalue weighted by atomic mass is 10.1. The number of benzene rings is 1. The van der Waals surface area contributed by atoms with E-state index in [9.17, 15) is 18.3 Å². The Kier molecular flexibility index (Phi) is 4.17. The molecule has 1 aromatic carbocycles. The molecule has 0 saturated carbocycles. The fourth-order valence-corrected chi connectivity index (χ4v) is 1.73. The Hall–Kier alpha value is -2.09. The van der Waals surface area contributed by atoms with Gasteiger partial charge in [-0.2, -0.15) is 18.2 Å². The van der Waals surface area contributed by atoms with Gasteiger partial charge in [-0.05, 0) is 31.5 Å². The van der Waals surface area contributed by atoms with Crippen molar-refractivity contribution in [3.05, 3.63) is 29.7 Å². The summed E-state index contributed by atoms with van der Waals surface area (Å²) >= 11 is 0. The number of alkyl halides is 3. The normalized spacial score (nSPS) is 13.4. The molecule has 0 bridgehead atoms. The van der Waals surface area contributed by atoms with E-state index in [4.69, 9.17) is 10.3 Å². The van der Waals surface area contributed by atoms with Crippen LogP contribution in [-0.4, -0.2) is 21.3 Å². The van der Waals surface area contributed by atoms with Crippen LogP contribution in [0.3, 0.4) is 0 Å². The average Bonchev–Trinajstić information content (AvgIpc) is 2.84. The zero-order chi connectivity index (χ0) is 15.6. The maximum atomic E-state index is 12.7. The number of hydrogen-bond donors (Lipinski definition) is 2. The van der Waals surface area contributed by atoms with Crippen LogP contribution in [0.15, 0.2) is 22.7 Å². The molecule has 8 heteroatoms. The van der Waals surface area contributed by atoms with Gasteiger partial charge in [0.05, 0.1) is 5.56 Å². The number of aryl methyl sites for hydroxylation is 1. The van der Waals surface area contributed by atoms with Gasteiger partial charge in [-0.25, -0.2) is 0 Å². The van der Waals surface area contributed by atoms with Crippen molar-refractivity contribution >= 4 is 0 Å². The minimum atomic E-state index is -4.65. The molecular formula is C13H14F3N3O2. The van der Waals surface area contributed by atoms with Gasteiger partial charge in [-0.15, -0.1) is 0 Å². The highest BCUT2D eigenvalue weighted by Gasteiger charge is 2.34. The van der Waals surface area contributed by atoms with E-state index in [1.165, 1.54) is 6.07 Å². The van der Waals surface area contributed by atoms with Crippen LogP contribution in [0.25, 0.3) is 11.4 Å². The molecule has 21 heavy (non-hydrogen) atoms. The van der Waals surface area contributed by atoms with Crippen LogP contribution in [-0.2, 0) is 12.6 Å². The Balaban J connectivity index is 2.26. The van der Waals surface area contributed by atoms with Gasteiger partial charge in [0.2, 0.25) is 11.7 Å². The molecular weight excluding hydrogens is 287 g/mol. The number of aromatic nitrogens is 2. The number of halogens is 3. The standard InChI is InChI=1S/C13H14F3N3O2/c1-7(17)2-5-11-18-12(19-21-11)8-3-4-10(20)9(6-8)13(14,15)16/h3-4,6-7,20H,2,5,17H2,1H3. The smallest absolute Gasteiger partial charge is 0.419 e. The van der Waals surface area contributed by atoms with Crippen molar-refractivity contribution in [2.45, 2.75) is 32.0 Å². The lowest BCUT2D eigenvalue weighted by Crippen LogP contribution is -2.15. The fraction of sp³-hybridized carbons (Fsp3) is 0.385. The quantitative estimate of drug-likeness (QED) is 0.907. The first-order valence-corrected chi connectivity index (χ1v) is 6.26. The largest absolute Gasteiger partial charge is 0.507 e. The molecule has 0 aliphatic rings. The molecule has 114 valence electrons. The molecule has 3 N–H and O–H groups in total. The van der Waals surface area contributed by atoms with Gasteiger partial charge in [-0.1, -0.05) is 5.16 Å². The third-order valence-electron chi connectivity index (χ3n) is 2.84. The molecule has 1 heterocycles. The van der Waals surface area contributed by atoms with Crippen molar-refractivity contribution < 1.29 is 22.8 Å². The number of nitrogens with two attached hydrogens (primary N) is 1. The number of hydrogen-bond acceptors (Lipinski definition) is 5. The topological polar surface area (TPSA) is 85.2 Å². The van der Waals surface area contributed by atoms with Crippen molar-refractivity contribution in [1.82, 2.24) is 10.1 Å². The highest BCUT2D eigenvalue weighted by molar-refractivity contribution is 5.58. The maximum absolute atomic E-state index is 12.7. The van der Waals surface area contributed by atoms with E-state index in [0.29, 0.717) is 18.7 Å². The lowest BCUT2D eigenvalue weighted by molar-refractivity contribution is -0.138. The summed E-state index contributed by atoms with van der Waals surface area (Å²) in [7, 11) is 0. The van der Waals surface area contributed by atoms with E-state index in [1.54, 1.807) is 0 Å². The van der Waals surface area contributed by atoms with Crippen LogP contribution in [0.4, 0.5) is 13.2 Å². The monoisotopic (exact) mass is 301 g/mol. The highest BCUT2D eigenvalue weighted by atomic mass is 19.4. The molecule has 0 spiro atoms. The predicted molar refractivity (Wildman–Crippen MR) is 68.4 cm³/mol. The van der Waals surface area contributed by atoms with Crippen LogP contribution in [0.2, 0.25) is 0 Å². The Morgan fingerprint density at radius 2 is 2.10 bits per heavy atom. The Bertz CT molecular complexity index is 623. The Labute approximate surface area is 118 Å². The summed E-state index contributed by atoms with van der Waals surface area (Å²) in [6.07, 6.45) is -3.57. The molecule has 1 aromatic heterocycles. The molecule has 0 aliphatic heterocycles. The minimum absolute atomic E-state index is 0.0362. The fourth-order valence-electron chi connectivity index (χ4n) is 1.73. The number of phenols is 1. The van der Waals surface area contributed by atoms with Gasteiger partial charge in [-0.3, -0.25) is 0 Å². The van der Waals surface area contributed by atoms with Crippen molar-refractivity contribution in [2.24, 2.45) is 5.73 Å². The SMILES string of the molecule is CC(N)CCc1nc(-c2ccc(O)c(C(F)(F)F)c2)no1. The van der Waals surface area contributed by atoms with E-state index in [2.05, 4.69) is 10.1 Å². The van der Waals surface area contributed by atoms with Gasteiger partial charge in [0.15, 0.2) is 0 Å². The summed E-state index contributed by atoms with van der Waals surface area (Å²) in [6.45, 7) is 1.83. The van der Waals surface area contributed by atoms with Crippen LogP contribution in [0.5, 0.6) is 5.75 Å². The molecule has 0 radical (unpaired) electrons. The molecule has 2 rings (SSSR count). The van der Waals surface area contributed by atoms with Gasteiger partial charge in [0.25, 0.3) is 0 Å². The Morgan fingerprint density at radius 3 is 2.71 bits per heavy atom. The second-order valence-corrected chi connectivity index (χ2v) is 4.76. The molecule has 0 saturated heterocycles. The van der Waals surface area contributed by atoms with E-state index in [1.807, 2.05) is 6.92 Å². The van der Waals surface area contributed by atoms with Crippen molar-refractivity contribution in [3.63, 3.8) is 0 Å². The van der Waals surface area contributed by atoms with Crippen LogP contribution in [0, 0.1) is 0 Å². The summed E-state index contributed by atoms with van der Waals surface area (Å²) in [5, 5.41) is 12.9. The molecule has 0 aliphatic carbocycles. The zero-order valence-electron chi connectivity index (χ0n) is 11.2. The summed E-state index contributed by atoms with van der Waals surface area (Å²) in [5.41, 5.74) is 4.58. The van der Waals surface area contributed by atoms with Gasteiger partial charge in [0, 0.05) is 18.0 Å². The maximum Gasteiger partial charge on any atom is 0.419 e. The lowest BCUT2D eigenvalue weighted by Gasteiger charge is -2.09. The number of aromatic hydroxyl groups is 1. The van der Waals surface area contributed by atoms with Crippen molar-refractivity contribution in [3.8, 4) is 17.1 Å². The third-order valence-corrected chi connectivity index (χ3v) is 2.84. The third kappa shape index (κ3) is 3.72. The molecule has 2 aromatic rings. The predicted octanol–water partition coefficient (Wildman–Crippen LogP) is 2.74. The van der Waals surface area contributed by atoms with E-state index < -0.39 is 17.5 Å². The minimum Gasteiger partial charge on any atom is -0.507 e. The summed E-state index contributed by atoms with van der Waals surface area (Å²) in [6, 6.07) is 3.00. The zero-order valence-corrected chi connectivity index (χ0v) is 11.2. The molecule has 1 unspecified atom stereocenters. The van der Waals surface area contributed by atoms with Crippen LogP contribution in [0.1, 0.15) is 24.8 Å². The van der Waals surface area contributed by atoms with Gasteiger partial charge >= 0.3 is 6.18 Å². The van der Waals surface area contributed by atoms with Gasteiger partial charge < -0.3 is 15.4 Å². The Morgan fingerprint density at radius 1 is 1.38 bits per heavy atom. The molecule has 1 atom stereocenters. The van der Waals surface area contributed by atoms with E-state index in [-0.39, 0.29) is 17.4 Å². The van der Waals surface area contributed by atoms with Gasteiger partial charge in [0.1, 0.15) is 5.75 Å². The highest BCUT2D eigenvalue weighted by Crippen LogP contribution is 2.37. The summed E-state index contributed by atoms with van der Waals surface area (Å²) < 4.78 is 43.1.